The lowest BCUT2D eigenvalue weighted by Gasteiger charge is -2.37. The number of rotatable bonds is 11. The van der Waals surface area contributed by atoms with Gasteiger partial charge in [0.05, 0.1) is 24.0 Å². The van der Waals surface area contributed by atoms with Gasteiger partial charge in [-0.25, -0.2) is 0 Å². The first-order chi connectivity index (χ1) is 11.7. The van der Waals surface area contributed by atoms with E-state index in [9.17, 15) is 5.11 Å². The first kappa shape index (κ1) is 23.1. The van der Waals surface area contributed by atoms with Crippen molar-refractivity contribution in [1.29, 1.82) is 0 Å². The van der Waals surface area contributed by atoms with E-state index in [1.807, 2.05) is 20.8 Å². The average molecular weight is 377 g/mol. The second-order valence-electron chi connectivity index (χ2n) is 7.94. The third kappa shape index (κ3) is 8.97. The molecular weight excluding hydrogens is 336 g/mol. The van der Waals surface area contributed by atoms with Gasteiger partial charge in [-0.3, -0.25) is 0 Å². The summed E-state index contributed by atoms with van der Waals surface area (Å²) in [5.74, 6) is 0.477. The van der Waals surface area contributed by atoms with Crippen LogP contribution in [-0.2, 0) is 18.3 Å². The normalized spacial score (nSPS) is 26.2. The molecule has 1 aliphatic rings. The molecule has 0 radical (unpaired) electrons. The van der Waals surface area contributed by atoms with Crippen molar-refractivity contribution in [1.82, 2.24) is 0 Å². The van der Waals surface area contributed by atoms with Gasteiger partial charge in [0.1, 0.15) is 0 Å². The summed E-state index contributed by atoms with van der Waals surface area (Å²) in [6, 6.07) is 0. The van der Waals surface area contributed by atoms with E-state index in [1.54, 1.807) is 0 Å². The minimum atomic E-state index is -1.94. The first-order valence-corrected chi connectivity index (χ1v) is 11.6. The van der Waals surface area contributed by atoms with Crippen LogP contribution in [0, 0.1) is 5.92 Å². The first-order valence-electron chi connectivity index (χ1n) is 9.98. The lowest BCUT2D eigenvalue weighted by Crippen LogP contribution is -2.45. The molecule has 0 saturated heterocycles. The van der Waals surface area contributed by atoms with Gasteiger partial charge >= 0.3 is 9.28 Å². The van der Waals surface area contributed by atoms with Gasteiger partial charge < -0.3 is 23.4 Å². The van der Waals surface area contributed by atoms with Crippen LogP contribution >= 0.6 is 0 Å². The third-order valence-electron chi connectivity index (χ3n) is 4.37. The molecule has 0 aromatic carbocycles. The van der Waals surface area contributed by atoms with Crippen LogP contribution in [0.3, 0.4) is 0 Å². The van der Waals surface area contributed by atoms with Crippen molar-refractivity contribution < 1.29 is 23.4 Å². The fraction of sp³-hybridized carbons (Fsp3) is 1.00. The van der Waals surface area contributed by atoms with E-state index in [4.69, 9.17) is 18.3 Å². The highest BCUT2D eigenvalue weighted by molar-refractivity contribution is 6.46. The standard InChI is InChI=1S/C19H40O5Si/c1-8-21-19(25(23-14(4)5)24-15(6)7)12-16-9-10-17(20)18(11-16)22-13(2)3/h13-20,25H,8-12H2,1-7H3. The molecule has 4 unspecified atom stereocenters. The number of hydrogen-bond acceptors (Lipinski definition) is 5. The number of hydrogen-bond donors (Lipinski definition) is 1. The highest BCUT2D eigenvalue weighted by Gasteiger charge is 2.36. The Morgan fingerprint density at radius 1 is 0.960 bits per heavy atom. The molecule has 1 rings (SSSR count). The number of aliphatic hydroxyl groups is 1. The van der Waals surface area contributed by atoms with E-state index in [0.717, 1.165) is 25.7 Å². The summed E-state index contributed by atoms with van der Waals surface area (Å²) in [5, 5.41) is 10.2. The molecule has 4 atom stereocenters. The monoisotopic (exact) mass is 376 g/mol. The van der Waals surface area contributed by atoms with Crippen LogP contribution in [0.5, 0.6) is 0 Å². The van der Waals surface area contributed by atoms with Crippen molar-refractivity contribution in [3.63, 3.8) is 0 Å². The van der Waals surface area contributed by atoms with Gasteiger partial charge in [-0.2, -0.15) is 0 Å². The van der Waals surface area contributed by atoms with E-state index >= 15 is 0 Å². The van der Waals surface area contributed by atoms with Crippen molar-refractivity contribution >= 4 is 9.28 Å². The van der Waals surface area contributed by atoms with E-state index in [-0.39, 0.29) is 36.2 Å². The van der Waals surface area contributed by atoms with Crippen molar-refractivity contribution in [3.8, 4) is 0 Å². The number of aliphatic hydroxyl groups excluding tert-OH is 1. The van der Waals surface area contributed by atoms with E-state index in [0.29, 0.717) is 12.5 Å². The molecule has 6 heteroatoms. The lowest BCUT2D eigenvalue weighted by atomic mass is 9.83. The predicted octanol–water partition coefficient (Wildman–Crippen LogP) is 3.35. The third-order valence-corrected chi connectivity index (χ3v) is 7.07. The Balaban J connectivity index is 2.73. The van der Waals surface area contributed by atoms with Crippen LogP contribution in [0.1, 0.15) is 74.1 Å². The Morgan fingerprint density at radius 3 is 2.04 bits per heavy atom. The lowest BCUT2D eigenvalue weighted by molar-refractivity contribution is -0.0978. The molecule has 0 bridgehead atoms. The molecule has 1 fully saturated rings. The quantitative estimate of drug-likeness (QED) is 0.561. The molecular formula is C19H40O5Si. The van der Waals surface area contributed by atoms with Crippen molar-refractivity contribution in [3.05, 3.63) is 0 Å². The maximum Gasteiger partial charge on any atom is 0.351 e. The molecule has 1 aliphatic carbocycles. The minimum absolute atomic E-state index is 0.0368. The largest absolute Gasteiger partial charge is 0.393 e. The molecule has 0 heterocycles. The Hall–Kier alpha value is 0.0169. The Kier molecular flexibility index (Phi) is 10.8. The summed E-state index contributed by atoms with van der Waals surface area (Å²) >= 11 is 0. The second kappa shape index (κ2) is 11.7. The molecule has 0 amide bonds. The molecule has 150 valence electrons. The summed E-state index contributed by atoms with van der Waals surface area (Å²) < 4.78 is 24.3. The van der Waals surface area contributed by atoms with Crippen LogP contribution in [-0.4, -0.2) is 57.2 Å². The zero-order valence-corrected chi connectivity index (χ0v) is 18.4. The van der Waals surface area contributed by atoms with Crippen LogP contribution in [0.25, 0.3) is 0 Å². The summed E-state index contributed by atoms with van der Waals surface area (Å²) in [7, 11) is -1.94. The fourth-order valence-corrected chi connectivity index (χ4v) is 5.89. The molecule has 25 heavy (non-hydrogen) atoms. The van der Waals surface area contributed by atoms with Gasteiger partial charge in [0.25, 0.3) is 0 Å². The van der Waals surface area contributed by atoms with Crippen LogP contribution in [0.2, 0.25) is 0 Å². The fourth-order valence-electron chi connectivity index (χ4n) is 3.45. The highest BCUT2D eigenvalue weighted by atomic mass is 28.3. The highest BCUT2D eigenvalue weighted by Crippen LogP contribution is 2.32. The Morgan fingerprint density at radius 2 is 1.56 bits per heavy atom. The van der Waals surface area contributed by atoms with Crippen molar-refractivity contribution in [2.75, 3.05) is 6.61 Å². The summed E-state index contributed by atoms with van der Waals surface area (Å²) in [5.41, 5.74) is 0.0368. The van der Waals surface area contributed by atoms with Gasteiger partial charge in [-0.05, 0) is 80.1 Å². The molecule has 1 saturated carbocycles. The van der Waals surface area contributed by atoms with Gasteiger partial charge in [0, 0.05) is 18.8 Å². The van der Waals surface area contributed by atoms with E-state index < -0.39 is 9.28 Å². The SMILES string of the molecule is CCOC(CC1CCC(O)C(OC(C)C)C1)[SiH](OC(C)C)OC(C)C. The smallest absolute Gasteiger partial charge is 0.351 e. The van der Waals surface area contributed by atoms with Gasteiger partial charge in [-0.15, -0.1) is 0 Å². The van der Waals surface area contributed by atoms with Crippen LogP contribution in [0.4, 0.5) is 0 Å². The Labute approximate surface area is 156 Å². The zero-order valence-electron chi connectivity index (χ0n) is 17.2. The van der Waals surface area contributed by atoms with Crippen molar-refractivity contribution in [2.24, 2.45) is 5.92 Å². The summed E-state index contributed by atoms with van der Waals surface area (Å²) in [6.45, 7) is 14.9. The predicted molar refractivity (Wildman–Crippen MR) is 103 cm³/mol. The van der Waals surface area contributed by atoms with Crippen LogP contribution < -0.4 is 0 Å². The summed E-state index contributed by atoms with van der Waals surface area (Å²) in [4.78, 5) is 0. The van der Waals surface area contributed by atoms with Crippen molar-refractivity contribution in [2.45, 2.75) is 110 Å². The molecule has 0 aromatic rings. The maximum absolute atomic E-state index is 10.2. The van der Waals surface area contributed by atoms with E-state index in [1.165, 1.54) is 0 Å². The maximum atomic E-state index is 10.2. The topological polar surface area (TPSA) is 57.2 Å². The molecule has 1 N–H and O–H groups in total. The van der Waals surface area contributed by atoms with Gasteiger partial charge in [0.15, 0.2) is 0 Å². The Bertz CT molecular complexity index is 341. The molecule has 5 nitrogen and oxygen atoms in total. The molecule has 0 aliphatic heterocycles. The number of ether oxygens (including phenoxy) is 2. The summed E-state index contributed by atoms with van der Waals surface area (Å²) in [6.07, 6.45) is 3.61. The molecule has 0 aromatic heterocycles. The van der Waals surface area contributed by atoms with Gasteiger partial charge in [0.2, 0.25) is 0 Å². The molecule has 0 spiro atoms. The van der Waals surface area contributed by atoms with Gasteiger partial charge in [-0.1, -0.05) is 0 Å². The minimum Gasteiger partial charge on any atom is -0.393 e. The van der Waals surface area contributed by atoms with Crippen LogP contribution in [0.15, 0.2) is 0 Å². The average Bonchev–Trinajstić information content (AvgIpc) is 2.48. The second-order valence-corrected chi connectivity index (χ2v) is 9.96. The zero-order chi connectivity index (χ0) is 19.0. The van der Waals surface area contributed by atoms with E-state index in [2.05, 4.69) is 27.7 Å².